The molecule has 1 aromatic carbocycles. The van der Waals surface area contributed by atoms with Gasteiger partial charge in [0.05, 0.1) is 5.56 Å². The van der Waals surface area contributed by atoms with Crippen molar-refractivity contribution in [3.8, 4) is 11.8 Å². The van der Waals surface area contributed by atoms with E-state index < -0.39 is 0 Å². The average molecular weight is 203 g/mol. The Morgan fingerprint density at radius 1 is 1.47 bits per heavy atom. The molecule has 0 aliphatic heterocycles. The highest BCUT2D eigenvalue weighted by molar-refractivity contribution is 5.72. The third kappa shape index (κ3) is 2.81. The summed E-state index contributed by atoms with van der Waals surface area (Å²) in [6.07, 6.45) is 1.16. The number of nitrogens with zero attached hydrogens (tertiary/aromatic N) is 1. The van der Waals surface area contributed by atoms with Crippen molar-refractivity contribution in [1.29, 1.82) is 5.26 Å². The van der Waals surface area contributed by atoms with E-state index in [-0.39, 0.29) is 5.97 Å². The maximum Gasteiger partial charge on any atom is 0.310 e. The minimum Gasteiger partial charge on any atom is -0.425 e. The molecule has 0 atom stereocenters. The number of esters is 1. The molecular formula is C12H13NO2. The third-order valence-electron chi connectivity index (χ3n) is 2.09. The lowest BCUT2D eigenvalue weighted by Crippen LogP contribution is -2.06. The van der Waals surface area contributed by atoms with Crippen LogP contribution in [0.1, 0.15) is 31.4 Å². The summed E-state index contributed by atoms with van der Waals surface area (Å²) in [4.78, 5) is 11.1. The second kappa shape index (κ2) is 5.16. The molecule has 0 saturated carbocycles. The number of aryl methyl sites for hydroxylation is 1. The molecule has 0 aliphatic rings. The molecule has 0 aromatic heterocycles. The molecule has 0 saturated heterocycles. The molecule has 1 aromatic rings. The quantitative estimate of drug-likeness (QED) is 0.560. The van der Waals surface area contributed by atoms with Crippen LogP contribution in [-0.4, -0.2) is 5.97 Å². The first-order valence-corrected chi connectivity index (χ1v) is 4.95. The number of rotatable bonds is 3. The molecule has 78 valence electrons. The molecule has 0 fully saturated rings. The molecule has 1 rings (SSSR count). The summed E-state index contributed by atoms with van der Waals surface area (Å²) >= 11 is 0. The predicted molar refractivity (Wildman–Crippen MR) is 56.5 cm³/mol. The summed E-state index contributed by atoms with van der Waals surface area (Å²) in [6.45, 7) is 3.73. The van der Waals surface area contributed by atoms with E-state index in [4.69, 9.17) is 10.00 Å². The van der Waals surface area contributed by atoms with Crippen molar-refractivity contribution < 1.29 is 9.53 Å². The minimum absolute atomic E-state index is 0.306. The number of benzene rings is 1. The summed E-state index contributed by atoms with van der Waals surface area (Å²) < 4.78 is 5.02. The average Bonchev–Trinajstić information content (AvgIpc) is 2.29. The fourth-order valence-corrected chi connectivity index (χ4v) is 1.17. The second-order valence-electron chi connectivity index (χ2n) is 3.12. The Labute approximate surface area is 89.3 Å². The van der Waals surface area contributed by atoms with Gasteiger partial charge in [0.2, 0.25) is 0 Å². The van der Waals surface area contributed by atoms with Crippen LogP contribution in [0.3, 0.4) is 0 Å². The second-order valence-corrected chi connectivity index (χ2v) is 3.12. The number of carbonyl (C=O) groups is 1. The highest BCUT2D eigenvalue weighted by Crippen LogP contribution is 2.20. The van der Waals surface area contributed by atoms with Crippen LogP contribution in [0.2, 0.25) is 0 Å². The largest absolute Gasteiger partial charge is 0.425 e. The standard InChI is InChI=1S/C12H13NO2/c1-3-9-5-6-11(10(7-9)8-13)15-12(14)4-2/h5-7H,3-4H2,1-2H3. The molecule has 0 spiro atoms. The summed E-state index contributed by atoms with van der Waals surface area (Å²) in [5.74, 6) is 0.0253. The van der Waals surface area contributed by atoms with E-state index >= 15 is 0 Å². The lowest BCUT2D eigenvalue weighted by molar-refractivity contribution is -0.134. The highest BCUT2D eigenvalue weighted by atomic mass is 16.5. The van der Waals surface area contributed by atoms with Gasteiger partial charge in [-0.1, -0.05) is 19.9 Å². The van der Waals surface area contributed by atoms with E-state index in [2.05, 4.69) is 0 Å². The lowest BCUT2D eigenvalue weighted by Gasteiger charge is -2.05. The van der Waals surface area contributed by atoms with E-state index in [0.29, 0.717) is 17.7 Å². The fraction of sp³-hybridized carbons (Fsp3) is 0.333. The van der Waals surface area contributed by atoms with Crippen molar-refractivity contribution in [2.24, 2.45) is 0 Å². The van der Waals surface area contributed by atoms with Crippen molar-refractivity contribution in [1.82, 2.24) is 0 Å². The van der Waals surface area contributed by atoms with E-state index in [0.717, 1.165) is 12.0 Å². The highest BCUT2D eigenvalue weighted by Gasteiger charge is 2.07. The van der Waals surface area contributed by atoms with Crippen molar-refractivity contribution in [2.45, 2.75) is 26.7 Å². The van der Waals surface area contributed by atoms with Crippen molar-refractivity contribution in [2.75, 3.05) is 0 Å². The van der Waals surface area contributed by atoms with Gasteiger partial charge in [-0.2, -0.15) is 5.26 Å². The molecule has 0 aliphatic carbocycles. The van der Waals surface area contributed by atoms with E-state index in [1.165, 1.54) is 0 Å². The fourth-order valence-electron chi connectivity index (χ4n) is 1.17. The van der Waals surface area contributed by atoms with Gasteiger partial charge in [0.1, 0.15) is 11.8 Å². The number of hydrogen-bond acceptors (Lipinski definition) is 3. The maximum absolute atomic E-state index is 11.1. The van der Waals surface area contributed by atoms with Crippen LogP contribution >= 0.6 is 0 Å². The topological polar surface area (TPSA) is 50.1 Å². The van der Waals surface area contributed by atoms with Crippen LogP contribution in [0.15, 0.2) is 18.2 Å². The van der Waals surface area contributed by atoms with Crippen LogP contribution in [0.4, 0.5) is 0 Å². The Bertz CT molecular complexity index is 405. The van der Waals surface area contributed by atoms with Gasteiger partial charge in [-0.25, -0.2) is 0 Å². The van der Waals surface area contributed by atoms with Crippen LogP contribution in [0.5, 0.6) is 5.75 Å². The summed E-state index contributed by atoms with van der Waals surface area (Å²) in [5.41, 5.74) is 1.47. The Balaban J connectivity index is 2.99. The molecule has 0 bridgehead atoms. The van der Waals surface area contributed by atoms with Gasteiger partial charge in [0, 0.05) is 6.42 Å². The van der Waals surface area contributed by atoms with Gasteiger partial charge in [-0.3, -0.25) is 4.79 Å². The first-order valence-electron chi connectivity index (χ1n) is 4.95. The first-order chi connectivity index (χ1) is 7.21. The van der Waals surface area contributed by atoms with Crippen molar-refractivity contribution >= 4 is 5.97 Å². The zero-order chi connectivity index (χ0) is 11.3. The number of ether oxygens (including phenoxy) is 1. The monoisotopic (exact) mass is 203 g/mol. The van der Waals surface area contributed by atoms with Gasteiger partial charge in [-0.05, 0) is 24.1 Å². The van der Waals surface area contributed by atoms with Crippen LogP contribution in [-0.2, 0) is 11.2 Å². The number of carbonyl (C=O) groups excluding carboxylic acids is 1. The van der Waals surface area contributed by atoms with E-state index in [1.807, 2.05) is 19.1 Å². The summed E-state index contributed by atoms with van der Waals surface area (Å²) in [7, 11) is 0. The number of hydrogen-bond donors (Lipinski definition) is 0. The van der Waals surface area contributed by atoms with Gasteiger partial charge in [0.15, 0.2) is 0 Å². The predicted octanol–water partition coefficient (Wildman–Crippen LogP) is 2.44. The van der Waals surface area contributed by atoms with Crippen LogP contribution < -0.4 is 4.74 Å². The molecule has 0 radical (unpaired) electrons. The molecule has 15 heavy (non-hydrogen) atoms. The van der Waals surface area contributed by atoms with Gasteiger partial charge < -0.3 is 4.74 Å². The molecule has 3 heteroatoms. The Morgan fingerprint density at radius 2 is 2.20 bits per heavy atom. The smallest absolute Gasteiger partial charge is 0.310 e. The van der Waals surface area contributed by atoms with Crippen LogP contribution in [0.25, 0.3) is 0 Å². The first kappa shape index (κ1) is 11.3. The maximum atomic E-state index is 11.1. The van der Waals surface area contributed by atoms with Gasteiger partial charge >= 0.3 is 5.97 Å². The molecule has 0 unspecified atom stereocenters. The summed E-state index contributed by atoms with van der Waals surface area (Å²) in [6, 6.07) is 7.30. The van der Waals surface area contributed by atoms with Gasteiger partial charge in [-0.15, -0.1) is 0 Å². The Hall–Kier alpha value is -1.82. The van der Waals surface area contributed by atoms with E-state index in [9.17, 15) is 4.79 Å². The molecular weight excluding hydrogens is 190 g/mol. The minimum atomic E-state index is -0.323. The third-order valence-corrected chi connectivity index (χ3v) is 2.09. The molecule has 0 amide bonds. The normalized spacial score (nSPS) is 9.40. The Kier molecular flexibility index (Phi) is 3.87. The zero-order valence-electron chi connectivity index (χ0n) is 8.91. The van der Waals surface area contributed by atoms with Gasteiger partial charge in [0.25, 0.3) is 0 Å². The molecule has 3 nitrogen and oxygen atoms in total. The van der Waals surface area contributed by atoms with Crippen LogP contribution in [0, 0.1) is 11.3 Å². The number of nitriles is 1. The SMILES string of the molecule is CCC(=O)Oc1ccc(CC)cc1C#N. The zero-order valence-corrected chi connectivity index (χ0v) is 8.91. The summed E-state index contributed by atoms with van der Waals surface area (Å²) in [5, 5.41) is 8.88. The lowest BCUT2D eigenvalue weighted by atomic mass is 10.1. The van der Waals surface area contributed by atoms with Crippen molar-refractivity contribution in [3.63, 3.8) is 0 Å². The Morgan fingerprint density at radius 3 is 2.73 bits per heavy atom. The molecule has 0 heterocycles. The molecule has 0 N–H and O–H groups in total. The van der Waals surface area contributed by atoms with Crippen molar-refractivity contribution in [3.05, 3.63) is 29.3 Å². The van der Waals surface area contributed by atoms with E-state index in [1.54, 1.807) is 19.1 Å².